The molecule has 0 fully saturated rings. The fourth-order valence-corrected chi connectivity index (χ4v) is 2.74. The van der Waals surface area contributed by atoms with Crippen LogP contribution in [0.15, 0.2) is 30.5 Å². The molecule has 6 heteroatoms. The highest BCUT2D eigenvalue weighted by atomic mass is 16.6. The first-order chi connectivity index (χ1) is 10.2. The van der Waals surface area contributed by atoms with Gasteiger partial charge in [-0.2, -0.15) is 0 Å². The summed E-state index contributed by atoms with van der Waals surface area (Å²) in [6, 6.07) is 6.74. The van der Waals surface area contributed by atoms with E-state index in [-0.39, 0.29) is 5.69 Å². The first kappa shape index (κ1) is 13.6. The smallest absolute Gasteiger partial charge is 0.270 e. The largest absolute Gasteiger partial charge is 0.313 e. The van der Waals surface area contributed by atoms with Gasteiger partial charge in [-0.1, -0.05) is 12.1 Å². The van der Waals surface area contributed by atoms with Crippen LogP contribution < -0.4 is 5.32 Å². The minimum Gasteiger partial charge on any atom is -0.313 e. The molecule has 0 bridgehead atoms. The standard InChI is InChI=1S/C15H16N4O2/c1-16-13-6-3-7-14-12(13)9-17-15(18-14)10-4-2-5-11(8-10)19(20)21/h2,4-5,8-9,13,16H,3,6-7H2,1H3. The number of rotatable bonds is 3. The number of aromatic nitrogens is 2. The molecule has 0 aliphatic heterocycles. The van der Waals surface area contributed by atoms with E-state index in [1.807, 2.05) is 13.2 Å². The van der Waals surface area contributed by atoms with Gasteiger partial charge in [-0.25, -0.2) is 9.97 Å². The Labute approximate surface area is 122 Å². The van der Waals surface area contributed by atoms with Crippen molar-refractivity contribution in [2.24, 2.45) is 0 Å². The number of non-ortho nitro benzene ring substituents is 1. The summed E-state index contributed by atoms with van der Waals surface area (Å²) in [7, 11) is 1.94. The molecule has 0 saturated heterocycles. The first-order valence-corrected chi connectivity index (χ1v) is 6.97. The van der Waals surface area contributed by atoms with Crippen LogP contribution in [0.3, 0.4) is 0 Å². The van der Waals surface area contributed by atoms with Crippen molar-refractivity contribution in [2.75, 3.05) is 7.05 Å². The minimum atomic E-state index is -0.404. The van der Waals surface area contributed by atoms with E-state index in [4.69, 9.17) is 0 Å². The summed E-state index contributed by atoms with van der Waals surface area (Å²) in [5.41, 5.74) is 2.91. The Morgan fingerprint density at radius 1 is 1.43 bits per heavy atom. The van der Waals surface area contributed by atoms with Crippen LogP contribution in [-0.2, 0) is 6.42 Å². The van der Waals surface area contributed by atoms with Gasteiger partial charge in [0.1, 0.15) is 0 Å². The molecule has 3 rings (SSSR count). The van der Waals surface area contributed by atoms with Crippen LogP contribution in [0.25, 0.3) is 11.4 Å². The van der Waals surface area contributed by atoms with Gasteiger partial charge >= 0.3 is 0 Å². The number of nitrogens with zero attached hydrogens (tertiary/aromatic N) is 3. The predicted octanol–water partition coefficient (Wildman–Crippen LogP) is 2.65. The molecule has 1 aromatic carbocycles. The van der Waals surface area contributed by atoms with Crippen molar-refractivity contribution in [3.8, 4) is 11.4 Å². The highest BCUT2D eigenvalue weighted by Crippen LogP contribution is 2.29. The lowest BCUT2D eigenvalue weighted by Gasteiger charge is -2.24. The van der Waals surface area contributed by atoms with Gasteiger partial charge in [0, 0.05) is 41.2 Å². The maximum atomic E-state index is 10.9. The van der Waals surface area contributed by atoms with Crippen LogP contribution in [-0.4, -0.2) is 21.9 Å². The fraction of sp³-hybridized carbons (Fsp3) is 0.333. The van der Waals surface area contributed by atoms with Gasteiger partial charge in [0.2, 0.25) is 0 Å². The highest BCUT2D eigenvalue weighted by Gasteiger charge is 2.21. The van der Waals surface area contributed by atoms with E-state index >= 15 is 0 Å². The second kappa shape index (κ2) is 5.57. The van der Waals surface area contributed by atoms with Gasteiger partial charge in [-0.05, 0) is 26.3 Å². The highest BCUT2D eigenvalue weighted by molar-refractivity contribution is 5.59. The van der Waals surface area contributed by atoms with Crippen molar-refractivity contribution in [1.29, 1.82) is 0 Å². The molecule has 0 saturated carbocycles. The molecule has 6 nitrogen and oxygen atoms in total. The van der Waals surface area contributed by atoms with E-state index in [1.54, 1.807) is 12.1 Å². The van der Waals surface area contributed by atoms with Crippen molar-refractivity contribution >= 4 is 5.69 Å². The molecule has 21 heavy (non-hydrogen) atoms. The molecule has 1 aliphatic carbocycles. The summed E-state index contributed by atoms with van der Waals surface area (Å²) in [4.78, 5) is 19.4. The molecule has 1 aliphatic rings. The lowest BCUT2D eigenvalue weighted by molar-refractivity contribution is -0.384. The summed E-state index contributed by atoms with van der Waals surface area (Å²) in [5, 5.41) is 14.1. The molecule has 2 aromatic rings. The van der Waals surface area contributed by atoms with Crippen molar-refractivity contribution in [3.63, 3.8) is 0 Å². The van der Waals surface area contributed by atoms with Gasteiger partial charge in [0.05, 0.1) is 4.92 Å². The van der Waals surface area contributed by atoms with Gasteiger partial charge in [0.15, 0.2) is 5.82 Å². The second-order valence-electron chi connectivity index (χ2n) is 5.14. The van der Waals surface area contributed by atoms with Gasteiger partial charge < -0.3 is 5.32 Å². The Bertz CT molecular complexity index is 687. The van der Waals surface area contributed by atoms with Crippen LogP contribution in [0.1, 0.15) is 30.1 Å². The number of nitrogens with one attached hydrogen (secondary N) is 1. The number of aryl methyl sites for hydroxylation is 1. The molecule has 0 spiro atoms. The molecule has 0 radical (unpaired) electrons. The van der Waals surface area contributed by atoms with Crippen LogP contribution in [0, 0.1) is 10.1 Å². The second-order valence-corrected chi connectivity index (χ2v) is 5.14. The van der Waals surface area contributed by atoms with Crippen molar-refractivity contribution < 1.29 is 4.92 Å². The van der Waals surface area contributed by atoms with Crippen LogP contribution in [0.4, 0.5) is 5.69 Å². The van der Waals surface area contributed by atoms with Gasteiger partial charge in [0.25, 0.3) is 5.69 Å². The number of fused-ring (bicyclic) bond motifs is 1. The average molecular weight is 284 g/mol. The monoisotopic (exact) mass is 284 g/mol. The number of hydrogen-bond acceptors (Lipinski definition) is 5. The third kappa shape index (κ3) is 2.62. The van der Waals surface area contributed by atoms with Gasteiger partial charge in [-0.3, -0.25) is 10.1 Å². The van der Waals surface area contributed by atoms with E-state index in [2.05, 4.69) is 15.3 Å². The molecule has 0 amide bonds. The van der Waals surface area contributed by atoms with E-state index < -0.39 is 4.92 Å². The van der Waals surface area contributed by atoms with Crippen LogP contribution in [0.5, 0.6) is 0 Å². The van der Waals surface area contributed by atoms with Crippen molar-refractivity contribution in [3.05, 3.63) is 51.8 Å². The Morgan fingerprint density at radius 2 is 2.29 bits per heavy atom. The van der Waals surface area contributed by atoms with E-state index in [9.17, 15) is 10.1 Å². The molecule has 1 unspecified atom stereocenters. The molecule has 1 aromatic heterocycles. The molecule has 1 N–H and O–H groups in total. The molecule has 1 heterocycles. The summed E-state index contributed by atoms with van der Waals surface area (Å²) in [5.74, 6) is 0.550. The summed E-state index contributed by atoms with van der Waals surface area (Å²) >= 11 is 0. The molecular formula is C15H16N4O2. The predicted molar refractivity (Wildman–Crippen MR) is 78.9 cm³/mol. The topological polar surface area (TPSA) is 81.0 Å². The number of nitro groups is 1. The third-order valence-electron chi connectivity index (χ3n) is 3.85. The average Bonchev–Trinajstić information content (AvgIpc) is 2.53. The van der Waals surface area contributed by atoms with Crippen molar-refractivity contribution in [2.45, 2.75) is 25.3 Å². The Kier molecular flexibility index (Phi) is 3.62. The molecule has 1 atom stereocenters. The molecule has 108 valence electrons. The maximum absolute atomic E-state index is 10.9. The number of nitro benzene ring substituents is 1. The quantitative estimate of drug-likeness (QED) is 0.692. The first-order valence-electron chi connectivity index (χ1n) is 6.97. The zero-order chi connectivity index (χ0) is 14.8. The maximum Gasteiger partial charge on any atom is 0.270 e. The minimum absolute atomic E-state index is 0.0573. The Hall–Kier alpha value is -2.34. The van der Waals surface area contributed by atoms with Crippen molar-refractivity contribution in [1.82, 2.24) is 15.3 Å². The summed E-state index contributed by atoms with van der Waals surface area (Å²) in [6.45, 7) is 0. The number of benzene rings is 1. The number of hydrogen-bond donors (Lipinski definition) is 1. The van der Waals surface area contributed by atoms with E-state index in [1.165, 1.54) is 12.1 Å². The Balaban J connectivity index is 2.01. The van der Waals surface area contributed by atoms with E-state index in [0.717, 1.165) is 30.5 Å². The lowest BCUT2D eigenvalue weighted by atomic mass is 9.92. The normalized spacial score (nSPS) is 17.3. The Morgan fingerprint density at radius 3 is 3.05 bits per heavy atom. The third-order valence-corrected chi connectivity index (χ3v) is 3.85. The summed E-state index contributed by atoms with van der Waals surface area (Å²) in [6.07, 6.45) is 4.95. The van der Waals surface area contributed by atoms with Gasteiger partial charge in [-0.15, -0.1) is 0 Å². The fourth-order valence-electron chi connectivity index (χ4n) is 2.74. The zero-order valence-electron chi connectivity index (χ0n) is 11.7. The SMILES string of the molecule is CNC1CCCc2nc(-c3cccc([N+](=O)[O-])c3)ncc21. The lowest BCUT2D eigenvalue weighted by Crippen LogP contribution is -2.22. The zero-order valence-corrected chi connectivity index (χ0v) is 11.7. The van der Waals surface area contributed by atoms with Crippen LogP contribution >= 0.6 is 0 Å². The van der Waals surface area contributed by atoms with Crippen LogP contribution in [0.2, 0.25) is 0 Å². The molecular weight excluding hydrogens is 268 g/mol. The summed E-state index contributed by atoms with van der Waals surface area (Å²) < 4.78 is 0. The van der Waals surface area contributed by atoms with E-state index in [0.29, 0.717) is 17.4 Å².